The summed E-state index contributed by atoms with van der Waals surface area (Å²) in [6.45, 7) is 3.01. The van der Waals surface area contributed by atoms with Gasteiger partial charge in [0.05, 0.1) is 11.8 Å². The molecule has 0 saturated carbocycles. The number of anilines is 1. The van der Waals surface area contributed by atoms with Crippen molar-refractivity contribution in [3.8, 4) is 0 Å². The molecule has 1 aliphatic heterocycles. The number of nitrogens with zero attached hydrogens (tertiary/aromatic N) is 1. The molecule has 88 valence electrons. The van der Waals surface area contributed by atoms with Crippen molar-refractivity contribution >= 4 is 5.69 Å². The predicted molar refractivity (Wildman–Crippen MR) is 61.8 cm³/mol. The zero-order chi connectivity index (χ0) is 11.7. The Morgan fingerprint density at radius 1 is 1.56 bits per heavy atom. The summed E-state index contributed by atoms with van der Waals surface area (Å²) in [5.41, 5.74) is 7.18. The molecule has 1 saturated heterocycles. The van der Waals surface area contributed by atoms with Crippen LogP contribution in [0.25, 0.3) is 0 Å². The van der Waals surface area contributed by atoms with Crippen LogP contribution >= 0.6 is 0 Å². The van der Waals surface area contributed by atoms with Crippen molar-refractivity contribution < 1.29 is 9.50 Å². The number of rotatable bonds is 2. The van der Waals surface area contributed by atoms with Gasteiger partial charge in [-0.3, -0.25) is 0 Å². The highest BCUT2D eigenvalue weighted by Gasteiger charge is 2.25. The van der Waals surface area contributed by atoms with Gasteiger partial charge in [-0.2, -0.15) is 0 Å². The number of aliphatic hydroxyl groups is 1. The number of para-hydroxylation sites is 1. The molecule has 0 aromatic heterocycles. The predicted octanol–water partition coefficient (Wildman–Crippen LogP) is 1.42. The summed E-state index contributed by atoms with van der Waals surface area (Å²) in [6.07, 6.45) is 0.327. The van der Waals surface area contributed by atoms with Crippen LogP contribution in [0.15, 0.2) is 18.2 Å². The molecular formula is C12H17FN2O. The van der Waals surface area contributed by atoms with Gasteiger partial charge in [0.2, 0.25) is 0 Å². The summed E-state index contributed by atoms with van der Waals surface area (Å²) in [4.78, 5) is 1.87. The van der Waals surface area contributed by atoms with E-state index in [2.05, 4.69) is 0 Å². The van der Waals surface area contributed by atoms with E-state index in [-0.39, 0.29) is 18.0 Å². The van der Waals surface area contributed by atoms with Crippen LogP contribution in [0.5, 0.6) is 0 Å². The normalized spacial score (nSPS) is 22.5. The minimum atomic E-state index is -0.361. The molecule has 1 aromatic rings. The molecule has 0 radical (unpaired) electrons. The Morgan fingerprint density at radius 3 is 2.88 bits per heavy atom. The molecule has 3 nitrogen and oxygen atoms in total. The van der Waals surface area contributed by atoms with Gasteiger partial charge in [-0.1, -0.05) is 12.1 Å². The molecule has 1 fully saturated rings. The Hall–Kier alpha value is -1.13. The van der Waals surface area contributed by atoms with Crippen LogP contribution in [-0.4, -0.2) is 24.3 Å². The second-order valence-corrected chi connectivity index (χ2v) is 4.35. The number of β-amino-alcohol motifs (C(OH)–C–C–N with tert-alkyl or cyclic N) is 1. The molecule has 4 heteroatoms. The average Bonchev–Trinajstić information content (AvgIpc) is 2.64. The SMILES string of the molecule is C[C@@H](N)c1cccc(F)c1N1CCC(O)C1. The monoisotopic (exact) mass is 224 g/mol. The Bertz CT molecular complexity index is 381. The smallest absolute Gasteiger partial charge is 0.146 e. The number of halogens is 1. The van der Waals surface area contributed by atoms with E-state index >= 15 is 0 Å². The third-order valence-corrected chi connectivity index (χ3v) is 2.99. The molecular weight excluding hydrogens is 207 g/mol. The largest absolute Gasteiger partial charge is 0.391 e. The molecule has 0 bridgehead atoms. The maximum Gasteiger partial charge on any atom is 0.146 e. The van der Waals surface area contributed by atoms with Crippen molar-refractivity contribution in [2.45, 2.75) is 25.5 Å². The number of benzene rings is 1. The highest BCUT2D eigenvalue weighted by Crippen LogP contribution is 2.30. The average molecular weight is 224 g/mol. The lowest BCUT2D eigenvalue weighted by Gasteiger charge is -2.23. The molecule has 3 N–H and O–H groups in total. The second-order valence-electron chi connectivity index (χ2n) is 4.35. The first kappa shape index (κ1) is 11.4. The lowest BCUT2D eigenvalue weighted by atomic mass is 10.1. The summed E-state index contributed by atoms with van der Waals surface area (Å²) in [5, 5.41) is 9.49. The first-order valence-electron chi connectivity index (χ1n) is 5.56. The van der Waals surface area contributed by atoms with Crippen molar-refractivity contribution in [1.29, 1.82) is 0 Å². The Balaban J connectivity index is 2.38. The van der Waals surface area contributed by atoms with Crippen LogP contribution < -0.4 is 10.6 Å². The van der Waals surface area contributed by atoms with Crippen LogP contribution in [0, 0.1) is 5.82 Å². The Labute approximate surface area is 94.7 Å². The van der Waals surface area contributed by atoms with E-state index in [4.69, 9.17) is 5.73 Å². The molecule has 16 heavy (non-hydrogen) atoms. The maximum absolute atomic E-state index is 13.8. The van der Waals surface area contributed by atoms with E-state index in [9.17, 15) is 9.50 Å². The van der Waals surface area contributed by atoms with Crippen LogP contribution in [0.1, 0.15) is 24.9 Å². The van der Waals surface area contributed by atoms with Gasteiger partial charge in [0, 0.05) is 19.1 Å². The van der Waals surface area contributed by atoms with E-state index in [0.29, 0.717) is 25.2 Å². The number of hydrogen-bond acceptors (Lipinski definition) is 3. The van der Waals surface area contributed by atoms with Crippen molar-refractivity contribution in [3.63, 3.8) is 0 Å². The third-order valence-electron chi connectivity index (χ3n) is 2.99. The summed E-state index contributed by atoms with van der Waals surface area (Å²) in [6, 6.07) is 4.74. The lowest BCUT2D eigenvalue weighted by molar-refractivity contribution is 0.198. The van der Waals surface area contributed by atoms with Gasteiger partial charge < -0.3 is 15.7 Å². The number of nitrogens with two attached hydrogens (primary N) is 1. The molecule has 2 rings (SSSR count). The molecule has 1 unspecified atom stereocenters. The molecule has 0 aliphatic carbocycles. The second kappa shape index (κ2) is 4.39. The zero-order valence-electron chi connectivity index (χ0n) is 9.36. The zero-order valence-corrected chi connectivity index (χ0v) is 9.36. The van der Waals surface area contributed by atoms with Crippen LogP contribution in [-0.2, 0) is 0 Å². The molecule has 1 aromatic carbocycles. The Morgan fingerprint density at radius 2 is 2.31 bits per heavy atom. The van der Waals surface area contributed by atoms with Crippen molar-refractivity contribution in [2.75, 3.05) is 18.0 Å². The van der Waals surface area contributed by atoms with Gasteiger partial charge in [0.25, 0.3) is 0 Å². The fourth-order valence-electron chi connectivity index (χ4n) is 2.18. The van der Waals surface area contributed by atoms with Crippen molar-refractivity contribution in [1.82, 2.24) is 0 Å². The summed E-state index contributed by atoms with van der Waals surface area (Å²) >= 11 is 0. The topological polar surface area (TPSA) is 49.5 Å². The minimum Gasteiger partial charge on any atom is -0.391 e. The highest BCUT2D eigenvalue weighted by atomic mass is 19.1. The minimum absolute atomic E-state index is 0.205. The van der Waals surface area contributed by atoms with E-state index in [1.165, 1.54) is 6.07 Å². The van der Waals surface area contributed by atoms with Crippen molar-refractivity contribution in [3.05, 3.63) is 29.6 Å². The van der Waals surface area contributed by atoms with Crippen LogP contribution in [0.3, 0.4) is 0 Å². The number of aliphatic hydroxyl groups excluding tert-OH is 1. The summed E-state index contributed by atoms with van der Waals surface area (Å²) in [7, 11) is 0. The van der Waals surface area contributed by atoms with E-state index in [1.807, 2.05) is 17.9 Å². The van der Waals surface area contributed by atoms with Gasteiger partial charge in [-0.05, 0) is 25.0 Å². The van der Waals surface area contributed by atoms with E-state index < -0.39 is 0 Å². The fourth-order valence-corrected chi connectivity index (χ4v) is 2.18. The highest BCUT2D eigenvalue weighted by molar-refractivity contribution is 5.56. The number of hydrogen-bond donors (Lipinski definition) is 2. The van der Waals surface area contributed by atoms with Gasteiger partial charge in [0.1, 0.15) is 5.82 Å². The van der Waals surface area contributed by atoms with Gasteiger partial charge in [-0.25, -0.2) is 4.39 Å². The maximum atomic E-state index is 13.8. The van der Waals surface area contributed by atoms with E-state index in [1.54, 1.807) is 6.07 Å². The molecule has 1 aliphatic rings. The van der Waals surface area contributed by atoms with E-state index in [0.717, 1.165) is 5.56 Å². The fraction of sp³-hybridized carbons (Fsp3) is 0.500. The molecule has 2 atom stereocenters. The first-order valence-corrected chi connectivity index (χ1v) is 5.56. The summed E-state index contributed by atoms with van der Waals surface area (Å²) < 4.78 is 13.8. The molecule has 0 spiro atoms. The first-order chi connectivity index (χ1) is 7.59. The molecule has 0 amide bonds. The lowest BCUT2D eigenvalue weighted by Crippen LogP contribution is -2.25. The van der Waals surface area contributed by atoms with Crippen molar-refractivity contribution in [2.24, 2.45) is 5.73 Å². The van der Waals surface area contributed by atoms with Gasteiger partial charge in [-0.15, -0.1) is 0 Å². The molecule has 1 heterocycles. The summed E-state index contributed by atoms with van der Waals surface area (Å²) in [5.74, 6) is -0.260. The standard InChI is InChI=1S/C12H17FN2O/c1-8(14)10-3-2-4-11(13)12(10)15-6-5-9(16)7-15/h2-4,8-9,16H,5-7,14H2,1H3/t8-,9?/m1/s1. The van der Waals surface area contributed by atoms with Gasteiger partial charge >= 0.3 is 0 Å². The van der Waals surface area contributed by atoms with Gasteiger partial charge in [0.15, 0.2) is 0 Å². The van der Waals surface area contributed by atoms with Crippen LogP contribution in [0.4, 0.5) is 10.1 Å². The van der Waals surface area contributed by atoms with Crippen LogP contribution in [0.2, 0.25) is 0 Å². The third kappa shape index (κ3) is 2.03. The quantitative estimate of drug-likeness (QED) is 0.798. The Kier molecular flexibility index (Phi) is 3.12.